The molecule has 10 heteroatoms. The van der Waals surface area contributed by atoms with E-state index in [9.17, 15) is 13.6 Å². The molecule has 208 valence electrons. The van der Waals surface area contributed by atoms with Crippen molar-refractivity contribution in [1.82, 2.24) is 24.5 Å². The Labute approximate surface area is 227 Å². The van der Waals surface area contributed by atoms with Crippen LogP contribution in [0.5, 0.6) is 0 Å². The zero-order valence-corrected chi connectivity index (χ0v) is 22.9. The van der Waals surface area contributed by atoms with E-state index in [0.717, 1.165) is 48.3 Å². The molecule has 1 fully saturated rings. The molecule has 1 amide bonds. The predicted molar refractivity (Wildman–Crippen MR) is 144 cm³/mol. The molecule has 1 atom stereocenters. The first kappa shape index (κ1) is 26.0. The van der Waals surface area contributed by atoms with Crippen molar-refractivity contribution in [2.45, 2.75) is 70.9 Å². The van der Waals surface area contributed by atoms with Gasteiger partial charge in [0.05, 0.1) is 18.8 Å². The van der Waals surface area contributed by atoms with Crippen molar-refractivity contribution in [3.63, 3.8) is 0 Å². The molecule has 3 aliphatic rings. The Kier molecular flexibility index (Phi) is 6.91. The zero-order valence-electron chi connectivity index (χ0n) is 22.9. The molecule has 39 heavy (non-hydrogen) atoms. The molecule has 0 radical (unpaired) electrons. The fourth-order valence-electron chi connectivity index (χ4n) is 6.37. The standard InChI is InChI=1S/C29H36F2N6O2/c1-4-27(38)35-9-6-25-24(17-35)29(33-37(25)20-7-11-39-12-8-20)36-10-5-18(2)21-13-22(19-15-32-34(3)16-19)23(28(30)31)14-26(21)36/h13-16,18,20,28H,4-12,17H2,1-3H3/t18-/m0/s1. The summed E-state index contributed by atoms with van der Waals surface area (Å²) < 4.78 is 38.4. The predicted octanol–water partition coefficient (Wildman–Crippen LogP) is 5.51. The van der Waals surface area contributed by atoms with Crippen LogP contribution in [-0.4, -0.2) is 56.7 Å². The minimum absolute atomic E-state index is 0.00127. The van der Waals surface area contributed by atoms with E-state index in [1.54, 1.807) is 30.2 Å². The van der Waals surface area contributed by atoms with Crippen LogP contribution in [0.3, 0.4) is 0 Å². The summed E-state index contributed by atoms with van der Waals surface area (Å²) in [5, 5.41) is 9.41. The van der Waals surface area contributed by atoms with E-state index in [-0.39, 0.29) is 23.4 Å². The van der Waals surface area contributed by atoms with Crippen LogP contribution in [-0.2, 0) is 29.5 Å². The van der Waals surface area contributed by atoms with Crippen molar-refractivity contribution in [3.05, 3.63) is 46.9 Å². The van der Waals surface area contributed by atoms with Gasteiger partial charge in [-0.1, -0.05) is 13.8 Å². The molecule has 3 aromatic rings. The Morgan fingerprint density at radius 1 is 1.18 bits per heavy atom. The molecule has 1 aromatic carbocycles. The van der Waals surface area contributed by atoms with Gasteiger partial charge >= 0.3 is 0 Å². The number of hydrogen-bond acceptors (Lipinski definition) is 5. The van der Waals surface area contributed by atoms with Crippen molar-refractivity contribution >= 4 is 17.4 Å². The lowest BCUT2D eigenvalue weighted by atomic mass is 9.87. The minimum Gasteiger partial charge on any atom is -0.381 e. The van der Waals surface area contributed by atoms with Crippen molar-refractivity contribution in [1.29, 1.82) is 0 Å². The maximum absolute atomic E-state index is 14.5. The second kappa shape index (κ2) is 10.4. The fourth-order valence-corrected chi connectivity index (χ4v) is 6.37. The van der Waals surface area contributed by atoms with Crippen LogP contribution in [0.2, 0.25) is 0 Å². The Morgan fingerprint density at radius 3 is 2.67 bits per heavy atom. The highest BCUT2D eigenvalue weighted by Gasteiger charge is 2.35. The van der Waals surface area contributed by atoms with Gasteiger partial charge in [-0.15, -0.1) is 0 Å². The Morgan fingerprint density at radius 2 is 1.97 bits per heavy atom. The van der Waals surface area contributed by atoms with Crippen LogP contribution in [0.15, 0.2) is 24.5 Å². The molecule has 0 aliphatic carbocycles. The van der Waals surface area contributed by atoms with Gasteiger partial charge in [-0.2, -0.15) is 10.2 Å². The van der Waals surface area contributed by atoms with Crippen LogP contribution in [0.4, 0.5) is 20.3 Å². The lowest BCUT2D eigenvalue weighted by Gasteiger charge is -2.36. The number of hydrogen-bond donors (Lipinski definition) is 0. The third kappa shape index (κ3) is 4.62. The molecule has 5 heterocycles. The van der Waals surface area contributed by atoms with Crippen LogP contribution in [0.25, 0.3) is 11.1 Å². The summed E-state index contributed by atoms with van der Waals surface area (Å²) in [4.78, 5) is 16.7. The normalized spacial score (nSPS) is 19.9. The molecule has 0 unspecified atom stereocenters. The zero-order chi connectivity index (χ0) is 27.3. The van der Waals surface area contributed by atoms with Crippen molar-refractivity contribution < 1.29 is 18.3 Å². The summed E-state index contributed by atoms with van der Waals surface area (Å²) >= 11 is 0. The molecule has 0 saturated carbocycles. The number of carbonyl (C=O) groups excluding carboxylic acids is 1. The summed E-state index contributed by atoms with van der Waals surface area (Å²) in [5.41, 5.74) is 5.26. The number of amides is 1. The van der Waals surface area contributed by atoms with Gasteiger partial charge in [-0.25, -0.2) is 8.78 Å². The molecule has 8 nitrogen and oxygen atoms in total. The Hall–Kier alpha value is -3.27. The molecular weight excluding hydrogens is 502 g/mol. The second-order valence-electron chi connectivity index (χ2n) is 11.0. The average molecular weight is 539 g/mol. The molecule has 0 N–H and O–H groups in total. The largest absolute Gasteiger partial charge is 0.381 e. The number of anilines is 2. The maximum Gasteiger partial charge on any atom is 0.264 e. The van der Waals surface area contributed by atoms with Crippen LogP contribution < -0.4 is 4.90 Å². The highest BCUT2D eigenvalue weighted by atomic mass is 19.3. The number of aryl methyl sites for hydroxylation is 1. The number of ether oxygens (including phenoxy) is 1. The van der Waals surface area contributed by atoms with E-state index < -0.39 is 6.43 Å². The lowest BCUT2D eigenvalue weighted by Crippen LogP contribution is -2.37. The van der Waals surface area contributed by atoms with Gasteiger partial charge in [0.1, 0.15) is 0 Å². The summed E-state index contributed by atoms with van der Waals surface area (Å²) in [7, 11) is 1.79. The summed E-state index contributed by atoms with van der Waals surface area (Å²) in [6, 6.07) is 3.83. The van der Waals surface area contributed by atoms with Crippen LogP contribution >= 0.6 is 0 Å². The number of carbonyl (C=O) groups is 1. The third-order valence-electron chi connectivity index (χ3n) is 8.57. The van der Waals surface area contributed by atoms with Gasteiger partial charge in [0.25, 0.3) is 6.43 Å². The number of halogens is 2. The van der Waals surface area contributed by atoms with Crippen LogP contribution in [0.1, 0.15) is 80.3 Å². The van der Waals surface area contributed by atoms with E-state index >= 15 is 0 Å². The summed E-state index contributed by atoms with van der Waals surface area (Å²) in [6.07, 6.45) is 4.66. The van der Waals surface area contributed by atoms with Gasteiger partial charge in [-0.3, -0.25) is 14.2 Å². The fraction of sp³-hybridized carbons (Fsp3) is 0.552. The van der Waals surface area contributed by atoms with E-state index in [1.807, 2.05) is 17.9 Å². The molecular formula is C29H36F2N6O2. The Bertz CT molecular complexity index is 1380. The number of alkyl halides is 2. The maximum atomic E-state index is 14.5. The number of nitrogens with zero attached hydrogens (tertiary/aromatic N) is 6. The molecule has 0 bridgehead atoms. The van der Waals surface area contributed by atoms with Gasteiger partial charge in [0.2, 0.25) is 5.91 Å². The monoisotopic (exact) mass is 538 g/mol. The van der Waals surface area contributed by atoms with Gasteiger partial charge in [-0.05, 0) is 48.4 Å². The van der Waals surface area contributed by atoms with E-state index in [0.29, 0.717) is 50.4 Å². The second-order valence-corrected chi connectivity index (χ2v) is 11.0. The number of rotatable bonds is 5. The van der Waals surface area contributed by atoms with Gasteiger partial charge < -0.3 is 14.5 Å². The van der Waals surface area contributed by atoms with E-state index in [2.05, 4.69) is 21.6 Å². The quantitative estimate of drug-likeness (QED) is 0.428. The highest BCUT2D eigenvalue weighted by Crippen LogP contribution is 2.46. The van der Waals surface area contributed by atoms with Crippen LogP contribution in [0, 0.1) is 0 Å². The van der Waals surface area contributed by atoms with E-state index in [4.69, 9.17) is 9.84 Å². The van der Waals surface area contributed by atoms with Gasteiger partial charge in [0, 0.05) is 80.5 Å². The number of aromatic nitrogens is 4. The van der Waals surface area contributed by atoms with Crippen molar-refractivity contribution in [2.24, 2.45) is 7.05 Å². The number of fused-ring (bicyclic) bond motifs is 2. The molecule has 3 aliphatic heterocycles. The lowest BCUT2D eigenvalue weighted by molar-refractivity contribution is -0.131. The first-order chi connectivity index (χ1) is 18.9. The summed E-state index contributed by atoms with van der Waals surface area (Å²) in [6.45, 7) is 7.30. The van der Waals surface area contributed by atoms with E-state index in [1.165, 1.54) is 5.69 Å². The number of benzene rings is 1. The van der Waals surface area contributed by atoms with Crippen molar-refractivity contribution in [3.8, 4) is 11.1 Å². The van der Waals surface area contributed by atoms with Crippen molar-refractivity contribution in [2.75, 3.05) is 31.2 Å². The molecule has 0 spiro atoms. The van der Waals surface area contributed by atoms with Gasteiger partial charge in [0.15, 0.2) is 5.82 Å². The molecule has 6 rings (SSSR count). The summed E-state index contributed by atoms with van der Waals surface area (Å²) in [5.74, 6) is 1.14. The minimum atomic E-state index is -2.63. The topological polar surface area (TPSA) is 68.4 Å². The first-order valence-electron chi connectivity index (χ1n) is 14.0. The third-order valence-corrected chi connectivity index (χ3v) is 8.57. The molecule has 2 aromatic heterocycles. The highest BCUT2D eigenvalue weighted by molar-refractivity contribution is 5.79. The average Bonchev–Trinajstić information content (AvgIpc) is 3.56. The Balaban J connectivity index is 1.49. The SMILES string of the molecule is CCC(=O)N1CCc2c(c(N3CC[C@H](C)c4cc(-c5cnn(C)c5)c(C(F)F)cc43)nn2C2CCOCC2)C1. The first-order valence-corrected chi connectivity index (χ1v) is 14.0. The molecule has 1 saturated heterocycles. The smallest absolute Gasteiger partial charge is 0.264 e.